The van der Waals surface area contributed by atoms with E-state index in [9.17, 15) is 5.11 Å². The molecule has 2 heteroatoms. The quantitative estimate of drug-likeness (QED) is 0.806. The molecule has 0 amide bonds. The van der Waals surface area contributed by atoms with Gasteiger partial charge in [-0.15, -0.1) is 0 Å². The molecule has 15 heavy (non-hydrogen) atoms. The van der Waals surface area contributed by atoms with Crippen LogP contribution in [0.3, 0.4) is 0 Å². The summed E-state index contributed by atoms with van der Waals surface area (Å²) >= 11 is 0. The van der Waals surface area contributed by atoms with Crippen molar-refractivity contribution in [1.29, 1.82) is 0 Å². The van der Waals surface area contributed by atoms with Gasteiger partial charge in [-0.25, -0.2) is 0 Å². The number of rotatable bonds is 2. The van der Waals surface area contributed by atoms with Gasteiger partial charge in [0, 0.05) is 13.2 Å². The van der Waals surface area contributed by atoms with E-state index >= 15 is 0 Å². The van der Waals surface area contributed by atoms with Crippen LogP contribution in [0.15, 0.2) is 24.3 Å². The number of para-hydroxylation sites is 1. The molecule has 1 saturated heterocycles. The lowest BCUT2D eigenvalue weighted by Gasteiger charge is -2.28. The van der Waals surface area contributed by atoms with Crippen LogP contribution in [0.5, 0.6) is 5.75 Å². The maximum Gasteiger partial charge on any atom is 0.119 e. The van der Waals surface area contributed by atoms with E-state index in [1.165, 1.54) is 6.42 Å². The van der Waals surface area contributed by atoms with Crippen LogP contribution in [0, 0.1) is 5.92 Å². The molecule has 1 fully saturated rings. The van der Waals surface area contributed by atoms with Gasteiger partial charge in [0.05, 0.1) is 0 Å². The van der Waals surface area contributed by atoms with Crippen molar-refractivity contribution in [1.82, 2.24) is 0 Å². The van der Waals surface area contributed by atoms with Crippen LogP contribution >= 0.6 is 0 Å². The Hall–Kier alpha value is -1.02. The lowest BCUT2D eigenvalue weighted by molar-refractivity contribution is 0.0460. The zero-order valence-electron chi connectivity index (χ0n) is 9.15. The molecule has 2 rings (SSSR count). The number of aromatic hydroxyl groups is 1. The van der Waals surface area contributed by atoms with Crippen molar-refractivity contribution >= 4 is 0 Å². The third-order valence-corrected chi connectivity index (χ3v) is 3.33. The van der Waals surface area contributed by atoms with E-state index < -0.39 is 0 Å². The highest BCUT2D eigenvalue weighted by atomic mass is 16.5. The Balaban J connectivity index is 2.12. The molecule has 0 saturated carbocycles. The molecule has 82 valence electrons. The van der Waals surface area contributed by atoms with Gasteiger partial charge >= 0.3 is 0 Å². The number of hydrogen-bond donors (Lipinski definition) is 1. The molecule has 1 aromatic rings. The first-order valence-electron chi connectivity index (χ1n) is 5.64. The molecule has 0 radical (unpaired) electrons. The maximum atomic E-state index is 9.77. The van der Waals surface area contributed by atoms with Crippen LogP contribution in [0.2, 0.25) is 0 Å². The van der Waals surface area contributed by atoms with E-state index in [1.54, 1.807) is 6.07 Å². The molecule has 1 aliphatic heterocycles. The van der Waals surface area contributed by atoms with Crippen LogP contribution in [-0.4, -0.2) is 18.3 Å². The highest BCUT2D eigenvalue weighted by Crippen LogP contribution is 2.34. The predicted octanol–water partition coefficient (Wildman–Crippen LogP) is 2.92. The first-order valence-corrected chi connectivity index (χ1v) is 5.64. The molecule has 2 unspecified atom stereocenters. The summed E-state index contributed by atoms with van der Waals surface area (Å²) in [7, 11) is 0. The monoisotopic (exact) mass is 206 g/mol. The van der Waals surface area contributed by atoms with Gasteiger partial charge in [-0.05, 0) is 36.3 Å². The highest BCUT2D eigenvalue weighted by molar-refractivity contribution is 5.34. The molecule has 1 aliphatic rings. The fourth-order valence-electron chi connectivity index (χ4n) is 2.29. The van der Waals surface area contributed by atoms with Gasteiger partial charge in [0.25, 0.3) is 0 Å². The van der Waals surface area contributed by atoms with Crippen LogP contribution in [0.25, 0.3) is 0 Å². The summed E-state index contributed by atoms with van der Waals surface area (Å²) in [6, 6.07) is 7.61. The smallest absolute Gasteiger partial charge is 0.119 e. The van der Waals surface area contributed by atoms with Crippen molar-refractivity contribution in [3.8, 4) is 5.75 Å². The van der Waals surface area contributed by atoms with Gasteiger partial charge in [0.15, 0.2) is 0 Å². The minimum absolute atomic E-state index is 0.381. The fraction of sp³-hybridized carbons (Fsp3) is 0.538. The SMILES string of the molecule is CC(c1ccccc1O)C1CCCOC1. The maximum absolute atomic E-state index is 9.77. The van der Waals surface area contributed by atoms with Gasteiger partial charge in [0.2, 0.25) is 0 Å². The van der Waals surface area contributed by atoms with Gasteiger partial charge < -0.3 is 9.84 Å². The van der Waals surface area contributed by atoms with E-state index in [1.807, 2.05) is 18.2 Å². The van der Waals surface area contributed by atoms with Gasteiger partial charge in [-0.1, -0.05) is 25.1 Å². The van der Waals surface area contributed by atoms with Crippen molar-refractivity contribution in [2.45, 2.75) is 25.7 Å². The molecule has 0 spiro atoms. The van der Waals surface area contributed by atoms with Crippen molar-refractivity contribution in [2.75, 3.05) is 13.2 Å². The second-order valence-electron chi connectivity index (χ2n) is 4.32. The Labute approximate surface area is 90.9 Å². The van der Waals surface area contributed by atoms with Crippen molar-refractivity contribution < 1.29 is 9.84 Å². The lowest BCUT2D eigenvalue weighted by atomic mass is 9.84. The topological polar surface area (TPSA) is 29.5 Å². The molecule has 2 atom stereocenters. The summed E-state index contributed by atoms with van der Waals surface area (Å²) in [5.41, 5.74) is 1.05. The first kappa shape index (κ1) is 10.5. The highest BCUT2D eigenvalue weighted by Gasteiger charge is 2.23. The van der Waals surface area contributed by atoms with Crippen LogP contribution < -0.4 is 0 Å². The molecule has 1 heterocycles. The second-order valence-corrected chi connectivity index (χ2v) is 4.32. The molecule has 2 nitrogen and oxygen atoms in total. The Morgan fingerprint density at radius 3 is 2.87 bits per heavy atom. The van der Waals surface area contributed by atoms with E-state index in [0.29, 0.717) is 17.6 Å². The Bertz CT molecular complexity index is 316. The molecule has 1 aromatic carbocycles. The van der Waals surface area contributed by atoms with Gasteiger partial charge in [0.1, 0.15) is 5.75 Å². The van der Waals surface area contributed by atoms with Crippen molar-refractivity contribution in [3.63, 3.8) is 0 Å². The largest absolute Gasteiger partial charge is 0.508 e. The Kier molecular flexibility index (Phi) is 3.27. The minimum atomic E-state index is 0.381. The van der Waals surface area contributed by atoms with E-state index in [2.05, 4.69) is 6.92 Å². The lowest BCUT2D eigenvalue weighted by Crippen LogP contribution is -2.22. The summed E-state index contributed by atoms with van der Waals surface area (Å²) in [5, 5.41) is 9.77. The van der Waals surface area contributed by atoms with E-state index in [4.69, 9.17) is 4.74 Å². The molecule has 0 aliphatic carbocycles. The molecular formula is C13H18O2. The number of hydrogen-bond acceptors (Lipinski definition) is 2. The molecule has 0 bridgehead atoms. The summed E-state index contributed by atoms with van der Waals surface area (Å²) in [6.07, 6.45) is 2.35. The Morgan fingerprint density at radius 1 is 1.40 bits per heavy atom. The average molecular weight is 206 g/mol. The average Bonchev–Trinajstić information content (AvgIpc) is 2.30. The molecular weight excluding hydrogens is 188 g/mol. The summed E-state index contributed by atoms with van der Waals surface area (Å²) in [6.45, 7) is 3.90. The summed E-state index contributed by atoms with van der Waals surface area (Å²) < 4.78 is 5.48. The normalized spacial score (nSPS) is 23.7. The summed E-state index contributed by atoms with van der Waals surface area (Å²) in [5.74, 6) is 1.34. The minimum Gasteiger partial charge on any atom is -0.508 e. The molecule has 0 aromatic heterocycles. The Morgan fingerprint density at radius 2 is 2.20 bits per heavy atom. The molecule has 1 N–H and O–H groups in total. The van der Waals surface area contributed by atoms with Gasteiger partial charge in [-0.2, -0.15) is 0 Å². The zero-order valence-corrected chi connectivity index (χ0v) is 9.15. The standard InChI is InChI=1S/C13H18O2/c1-10(11-5-4-8-15-9-11)12-6-2-3-7-13(12)14/h2-3,6-7,10-11,14H,4-5,8-9H2,1H3. The number of ether oxygens (including phenoxy) is 1. The van der Waals surface area contributed by atoms with E-state index in [-0.39, 0.29) is 0 Å². The number of benzene rings is 1. The van der Waals surface area contributed by atoms with Crippen LogP contribution in [-0.2, 0) is 4.74 Å². The predicted molar refractivity (Wildman–Crippen MR) is 60.1 cm³/mol. The van der Waals surface area contributed by atoms with Crippen LogP contribution in [0.4, 0.5) is 0 Å². The zero-order chi connectivity index (χ0) is 10.7. The van der Waals surface area contributed by atoms with Crippen LogP contribution in [0.1, 0.15) is 31.2 Å². The second kappa shape index (κ2) is 4.67. The fourth-order valence-corrected chi connectivity index (χ4v) is 2.29. The van der Waals surface area contributed by atoms with Gasteiger partial charge in [-0.3, -0.25) is 0 Å². The number of phenols is 1. The van der Waals surface area contributed by atoms with Crippen molar-refractivity contribution in [3.05, 3.63) is 29.8 Å². The third-order valence-electron chi connectivity index (χ3n) is 3.33. The summed E-state index contributed by atoms with van der Waals surface area (Å²) in [4.78, 5) is 0. The van der Waals surface area contributed by atoms with E-state index in [0.717, 1.165) is 25.2 Å². The first-order chi connectivity index (χ1) is 7.29. The van der Waals surface area contributed by atoms with Crippen molar-refractivity contribution in [2.24, 2.45) is 5.92 Å². The third kappa shape index (κ3) is 2.32. The number of phenolic OH excluding ortho intramolecular Hbond substituents is 1.